The van der Waals surface area contributed by atoms with Crippen LogP contribution in [0.4, 0.5) is 0 Å². The minimum Gasteiger partial charge on any atom is -0.493 e. The normalized spacial score (nSPS) is 18.6. The molecule has 1 aromatic carbocycles. The molecule has 3 heteroatoms. The molecular formula is C14H21NO2. The van der Waals surface area contributed by atoms with Gasteiger partial charge in [0.1, 0.15) is 0 Å². The van der Waals surface area contributed by atoms with Crippen LogP contribution in [-0.4, -0.2) is 20.8 Å². The number of rotatable bonds is 4. The molecule has 3 nitrogen and oxygen atoms in total. The van der Waals surface area contributed by atoms with E-state index >= 15 is 0 Å². The standard InChI is InChI=1S/C14H21NO2/c1-4-5-12-11-9-14(17-3)13(16-2)8-10(11)6-7-15-12/h8-9,12,15H,4-7H2,1-3H3. The first kappa shape index (κ1) is 12.2. The van der Waals surface area contributed by atoms with Gasteiger partial charge in [-0.3, -0.25) is 0 Å². The molecule has 1 heterocycles. The van der Waals surface area contributed by atoms with Crippen LogP contribution in [0.25, 0.3) is 0 Å². The van der Waals surface area contributed by atoms with Gasteiger partial charge in [-0.25, -0.2) is 0 Å². The van der Waals surface area contributed by atoms with Crippen LogP contribution in [-0.2, 0) is 6.42 Å². The fraction of sp³-hybridized carbons (Fsp3) is 0.571. The fourth-order valence-corrected chi connectivity index (χ4v) is 2.51. The maximum atomic E-state index is 5.38. The molecule has 0 aliphatic carbocycles. The zero-order chi connectivity index (χ0) is 12.3. The van der Waals surface area contributed by atoms with Gasteiger partial charge >= 0.3 is 0 Å². The van der Waals surface area contributed by atoms with Crippen molar-refractivity contribution in [1.29, 1.82) is 0 Å². The maximum absolute atomic E-state index is 5.38. The molecular weight excluding hydrogens is 214 g/mol. The molecule has 0 bridgehead atoms. The van der Waals surface area contributed by atoms with Gasteiger partial charge in [0.15, 0.2) is 11.5 Å². The predicted molar refractivity (Wildman–Crippen MR) is 68.9 cm³/mol. The summed E-state index contributed by atoms with van der Waals surface area (Å²) in [6, 6.07) is 4.71. The van der Waals surface area contributed by atoms with Crippen molar-refractivity contribution in [2.24, 2.45) is 0 Å². The Labute approximate surface area is 103 Å². The predicted octanol–water partition coefficient (Wildman–Crippen LogP) is 2.69. The molecule has 1 unspecified atom stereocenters. The summed E-state index contributed by atoms with van der Waals surface area (Å²) in [6.45, 7) is 3.27. The third kappa shape index (κ3) is 2.39. The molecule has 1 N–H and O–H groups in total. The molecule has 0 saturated heterocycles. The summed E-state index contributed by atoms with van der Waals surface area (Å²) < 4.78 is 10.7. The van der Waals surface area contributed by atoms with Crippen LogP contribution in [0.15, 0.2) is 12.1 Å². The lowest BCUT2D eigenvalue weighted by atomic mass is 9.91. The van der Waals surface area contributed by atoms with E-state index in [9.17, 15) is 0 Å². The van der Waals surface area contributed by atoms with Crippen molar-refractivity contribution in [1.82, 2.24) is 5.32 Å². The van der Waals surface area contributed by atoms with Gasteiger partial charge in [0.2, 0.25) is 0 Å². The lowest BCUT2D eigenvalue weighted by molar-refractivity contribution is 0.351. The molecule has 0 radical (unpaired) electrons. The maximum Gasteiger partial charge on any atom is 0.161 e. The first-order valence-corrected chi connectivity index (χ1v) is 6.28. The Balaban J connectivity index is 2.39. The minimum atomic E-state index is 0.462. The Morgan fingerprint density at radius 2 is 1.94 bits per heavy atom. The molecule has 1 atom stereocenters. The summed E-state index contributed by atoms with van der Waals surface area (Å²) in [4.78, 5) is 0. The molecule has 0 fully saturated rings. The highest BCUT2D eigenvalue weighted by molar-refractivity contribution is 5.49. The number of fused-ring (bicyclic) bond motifs is 1. The van der Waals surface area contributed by atoms with Crippen molar-refractivity contribution >= 4 is 0 Å². The first-order valence-electron chi connectivity index (χ1n) is 6.28. The van der Waals surface area contributed by atoms with Gasteiger partial charge in [0.05, 0.1) is 14.2 Å². The Morgan fingerprint density at radius 1 is 1.24 bits per heavy atom. The summed E-state index contributed by atoms with van der Waals surface area (Å²) in [7, 11) is 3.38. The second-order valence-electron chi connectivity index (χ2n) is 4.45. The van der Waals surface area contributed by atoms with Crippen molar-refractivity contribution in [2.75, 3.05) is 20.8 Å². The molecule has 0 aromatic heterocycles. The van der Waals surface area contributed by atoms with E-state index < -0.39 is 0 Å². The SMILES string of the molecule is CCCC1NCCc2cc(OC)c(OC)cc21. The van der Waals surface area contributed by atoms with Crippen LogP contribution in [0.2, 0.25) is 0 Å². The Morgan fingerprint density at radius 3 is 2.59 bits per heavy atom. The highest BCUT2D eigenvalue weighted by Gasteiger charge is 2.21. The average Bonchev–Trinajstić information content (AvgIpc) is 2.38. The molecule has 94 valence electrons. The van der Waals surface area contributed by atoms with Crippen LogP contribution in [0.5, 0.6) is 11.5 Å². The van der Waals surface area contributed by atoms with E-state index in [0.29, 0.717) is 6.04 Å². The number of hydrogen-bond acceptors (Lipinski definition) is 3. The van der Waals surface area contributed by atoms with Crippen LogP contribution in [0.1, 0.15) is 36.9 Å². The van der Waals surface area contributed by atoms with E-state index in [1.807, 2.05) is 0 Å². The number of ether oxygens (including phenoxy) is 2. The van der Waals surface area contributed by atoms with Crippen LogP contribution in [0.3, 0.4) is 0 Å². The van der Waals surface area contributed by atoms with E-state index in [2.05, 4.69) is 24.4 Å². The highest BCUT2D eigenvalue weighted by atomic mass is 16.5. The molecule has 17 heavy (non-hydrogen) atoms. The second-order valence-corrected chi connectivity index (χ2v) is 4.45. The van der Waals surface area contributed by atoms with E-state index in [1.54, 1.807) is 14.2 Å². The Bertz CT molecular complexity index is 390. The zero-order valence-electron chi connectivity index (χ0n) is 10.9. The van der Waals surface area contributed by atoms with Gasteiger partial charge in [-0.1, -0.05) is 13.3 Å². The van der Waals surface area contributed by atoms with E-state index in [-0.39, 0.29) is 0 Å². The second kappa shape index (κ2) is 5.41. The minimum absolute atomic E-state index is 0.462. The van der Waals surface area contributed by atoms with E-state index in [4.69, 9.17) is 9.47 Å². The van der Waals surface area contributed by atoms with Gasteiger partial charge in [0.25, 0.3) is 0 Å². The summed E-state index contributed by atoms with van der Waals surface area (Å²) >= 11 is 0. The largest absolute Gasteiger partial charge is 0.493 e. The molecule has 2 rings (SSSR count). The Hall–Kier alpha value is -1.22. The molecule has 0 saturated carbocycles. The summed E-state index contributed by atoms with van der Waals surface area (Å²) in [5.74, 6) is 1.67. The zero-order valence-corrected chi connectivity index (χ0v) is 10.9. The molecule has 1 aliphatic heterocycles. The van der Waals surface area contributed by atoms with Crippen molar-refractivity contribution in [3.05, 3.63) is 23.3 Å². The van der Waals surface area contributed by atoms with Crippen molar-refractivity contribution < 1.29 is 9.47 Å². The van der Waals surface area contributed by atoms with Gasteiger partial charge in [-0.15, -0.1) is 0 Å². The van der Waals surface area contributed by atoms with Crippen molar-refractivity contribution in [3.8, 4) is 11.5 Å². The smallest absolute Gasteiger partial charge is 0.161 e. The first-order chi connectivity index (χ1) is 8.30. The third-order valence-corrected chi connectivity index (χ3v) is 3.38. The van der Waals surface area contributed by atoms with Crippen molar-refractivity contribution in [2.45, 2.75) is 32.2 Å². The van der Waals surface area contributed by atoms with Crippen LogP contribution >= 0.6 is 0 Å². The topological polar surface area (TPSA) is 30.5 Å². The van der Waals surface area contributed by atoms with Gasteiger partial charge in [0, 0.05) is 6.04 Å². The van der Waals surface area contributed by atoms with Crippen molar-refractivity contribution in [3.63, 3.8) is 0 Å². The van der Waals surface area contributed by atoms with Gasteiger partial charge < -0.3 is 14.8 Å². The van der Waals surface area contributed by atoms with E-state index in [1.165, 1.54) is 24.0 Å². The van der Waals surface area contributed by atoms with Crippen LogP contribution < -0.4 is 14.8 Å². The van der Waals surface area contributed by atoms with Gasteiger partial charge in [-0.2, -0.15) is 0 Å². The molecule has 0 amide bonds. The third-order valence-electron chi connectivity index (χ3n) is 3.38. The Kier molecular flexibility index (Phi) is 3.89. The monoisotopic (exact) mass is 235 g/mol. The number of hydrogen-bond donors (Lipinski definition) is 1. The molecule has 1 aromatic rings. The number of benzene rings is 1. The summed E-state index contributed by atoms with van der Waals surface area (Å²) in [6.07, 6.45) is 3.42. The quantitative estimate of drug-likeness (QED) is 0.870. The summed E-state index contributed by atoms with van der Waals surface area (Å²) in [5, 5.41) is 3.57. The fourth-order valence-electron chi connectivity index (χ4n) is 2.51. The summed E-state index contributed by atoms with van der Waals surface area (Å²) in [5.41, 5.74) is 2.76. The highest BCUT2D eigenvalue weighted by Crippen LogP contribution is 2.36. The number of nitrogens with one attached hydrogen (secondary N) is 1. The van der Waals surface area contributed by atoms with Crippen LogP contribution in [0, 0.1) is 0 Å². The molecule has 0 spiro atoms. The number of methoxy groups -OCH3 is 2. The lowest BCUT2D eigenvalue weighted by Crippen LogP contribution is -2.29. The lowest BCUT2D eigenvalue weighted by Gasteiger charge is -2.28. The van der Waals surface area contributed by atoms with E-state index in [0.717, 1.165) is 24.5 Å². The average molecular weight is 235 g/mol. The van der Waals surface area contributed by atoms with Gasteiger partial charge in [-0.05, 0) is 42.6 Å². The molecule has 1 aliphatic rings.